The number of pyridine rings is 1. The molecular weight excluding hydrogens is 270 g/mol. The van der Waals surface area contributed by atoms with Crippen LogP contribution in [-0.4, -0.2) is 0 Å². The predicted octanol–water partition coefficient (Wildman–Crippen LogP) is -0.202. The van der Waals surface area contributed by atoms with Gasteiger partial charge in [-0.2, -0.15) is 0 Å². The summed E-state index contributed by atoms with van der Waals surface area (Å²) in [4.78, 5) is 2.89. The Morgan fingerprint density at radius 3 is 1.42 bits per heavy atom. The van der Waals surface area contributed by atoms with E-state index in [1.807, 2.05) is 30.6 Å². The molecule has 0 saturated carbocycles. The van der Waals surface area contributed by atoms with Gasteiger partial charge in [-0.25, -0.2) is 21.2 Å². The van der Waals surface area contributed by atoms with E-state index in [9.17, 15) is 0 Å². The van der Waals surface area contributed by atoms with E-state index in [1.54, 1.807) is 16.3 Å². The first-order valence-electron chi connectivity index (χ1n) is 2.56. The van der Waals surface area contributed by atoms with Crippen molar-refractivity contribution >= 4 is 16.3 Å². The van der Waals surface area contributed by atoms with Crippen molar-refractivity contribution in [3.05, 3.63) is 30.6 Å². The number of aromatic amines is 1. The minimum Gasteiger partial charge on any atom is -0.218 e. The first-order chi connectivity index (χ1) is 5.73. The van der Waals surface area contributed by atoms with Crippen LogP contribution in [0.5, 0.6) is 0 Å². The molecule has 0 aliphatic heterocycles. The maximum Gasteiger partial charge on any atom is 0.166 e. The molecule has 1 N–H and O–H groups in total. The quantitative estimate of drug-likeness (QED) is 0.656. The summed E-state index contributed by atoms with van der Waals surface area (Å²) in [5.74, 6) is 0. The van der Waals surface area contributed by atoms with Crippen LogP contribution < -0.4 is 9.18 Å². The SMILES string of the molecule is [O-]Br.[O]=[Cr](=[O])=[O].c1cc[nH+]cc1. The van der Waals surface area contributed by atoms with Gasteiger partial charge in [0.2, 0.25) is 0 Å². The van der Waals surface area contributed by atoms with Gasteiger partial charge in [0.15, 0.2) is 12.4 Å². The number of aromatic nitrogens is 1. The Morgan fingerprint density at radius 1 is 1.00 bits per heavy atom. The van der Waals surface area contributed by atoms with Crippen molar-refractivity contribution in [2.45, 2.75) is 0 Å². The molecule has 0 aliphatic rings. The fraction of sp³-hybridized carbons (Fsp3) is 0. The number of nitrogens with one attached hydrogen (secondary N) is 1. The van der Waals surface area contributed by atoms with Gasteiger partial charge in [0, 0.05) is 12.1 Å². The number of rotatable bonds is 0. The van der Waals surface area contributed by atoms with Gasteiger partial charge < -0.3 is 4.20 Å². The van der Waals surface area contributed by atoms with E-state index in [0.717, 1.165) is 0 Å². The van der Waals surface area contributed by atoms with Crippen molar-refractivity contribution in [1.29, 1.82) is 0 Å². The maximum absolute atomic E-state index is 8.54. The van der Waals surface area contributed by atoms with Crippen LogP contribution in [0.25, 0.3) is 0 Å². The van der Waals surface area contributed by atoms with Crippen LogP contribution >= 0.6 is 16.3 Å². The number of hydrogen-bond donors (Lipinski definition) is 0. The molecule has 0 fully saturated rings. The van der Waals surface area contributed by atoms with Crippen LogP contribution in [0.4, 0.5) is 0 Å². The summed E-state index contributed by atoms with van der Waals surface area (Å²) >= 11 is -2.10. The van der Waals surface area contributed by atoms with Crippen molar-refractivity contribution in [3.63, 3.8) is 0 Å². The van der Waals surface area contributed by atoms with E-state index in [0.29, 0.717) is 0 Å². The van der Waals surface area contributed by atoms with Gasteiger partial charge in [0.05, 0.1) is 0 Å². The molecule has 1 rings (SSSR count). The molecule has 1 aromatic heterocycles. The van der Waals surface area contributed by atoms with Crippen LogP contribution in [-0.2, 0) is 25.4 Å². The number of halogens is 1. The minimum absolute atomic E-state index is 1.69. The third kappa shape index (κ3) is 22.7. The Labute approximate surface area is 81.5 Å². The molecule has 0 aliphatic carbocycles. The zero-order valence-corrected chi connectivity index (χ0v) is 8.67. The maximum atomic E-state index is 8.54. The van der Waals surface area contributed by atoms with Gasteiger partial charge in [-0.05, 0) is 0 Å². The van der Waals surface area contributed by atoms with Crippen LogP contribution in [0.15, 0.2) is 30.6 Å². The van der Waals surface area contributed by atoms with Gasteiger partial charge in [-0.15, -0.1) is 0 Å². The van der Waals surface area contributed by atoms with Crippen molar-refractivity contribution in [1.82, 2.24) is 0 Å². The van der Waals surface area contributed by atoms with E-state index >= 15 is 0 Å². The van der Waals surface area contributed by atoms with E-state index in [1.165, 1.54) is 0 Å². The van der Waals surface area contributed by atoms with E-state index < -0.39 is 14.0 Å². The van der Waals surface area contributed by atoms with Crippen LogP contribution in [0, 0.1) is 0 Å². The molecule has 68 valence electrons. The van der Waals surface area contributed by atoms with E-state index in [-0.39, 0.29) is 0 Å². The van der Waals surface area contributed by atoms with Gasteiger partial charge in [0.25, 0.3) is 0 Å². The standard InChI is InChI=1S/C5H5N.BrO.Cr.3O/c1-2-4-6-5-3-1;1-2;;;;/h1-5H;;;;;/q;-1;;;;/p+1. The minimum atomic E-state index is -3.79. The van der Waals surface area contributed by atoms with E-state index in [2.05, 4.69) is 4.98 Å². The Morgan fingerprint density at radius 2 is 1.33 bits per heavy atom. The van der Waals surface area contributed by atoms with Gasteiger partial charge in [-0.3, -0.25) is 0 Å². The fourth-order valence-electron chi connectivity index (χ4n) is 0.342. The molecule has 0 aromatic carbocycles. The average Bonchev–Trinajstić information content (AvgIpc) is 2.10. The third-order valence-electron chi connectivity index (χ3n) is 0.607. The normalized spacial score (nSPS) is 6.50. The van der Waals surface area contributed by atoms with Gasteiger partial charge >= 0.3 is 25.4 Å². The van der Waals surface area contributed by atoms with Gasteiger partial charge in [0.1, 0.15) is 0 Å². The molecular formula is C5H6BrCrNO4. The molecule has 1 heterocycles. The molecule has 0 saturated heterocycles. The number of H-pyrrole nitrogens is 1. The van der Waals surface area contributed by atoms with Crippen LogP contribution in [0.3, 0.4) is 0 Å². The summed E-state index contributed by atoms with van der Waals surface area (Å²) < 4.78 is 33.7. The summed E-state index contributed by atoms with van der Waals surface area (Å²) in [6.07, 6.45) is 3.75. The Kier molecular flexibility index (Phi) is 15.4. The second-order valence-corrected chi connectivity index (χ2v) is 1.92. The average molecular weight is 276 g/mol. The molecule has 0 atom stereocenters. The van der Waals surface area contributed by atoms with Crippen LogP contribution in [0.2, 0.25) is 0 Å². The summed E-state index contributed by atoms with van der Waals surface area (Å²) in [7, 11) is 0. The fourth-order valence-corrected chi connectivity index (χ4v) is 0.342. The molecule has 0 radical (unpaired) electrons. The molecule has 7 heteroatoms. The molecule has 0 amide bonds. The molecule has 0 bridgehead atoms. The van der Waals surface area contributed by atoms with Gasteiger partial charge in [-0.1, -0.05) is 6.07 Å². The molecule has 1 aromatic rings. The summed E-state index contributed by atoms with van der Waals surface area (Å²) in [5, 5.41) is 0. The molecule has 5 nitrogen and oxygen atoms in total. The zero-order chi connectivity index (χ0) is 9.82. The second-order valence-electron chi connectivity index (χ2n) is 1.28. The first-order valence-corrected chi connectivity index (χ1v) is 4.77. The van der Waals surface area contributed by atoms with Crippen molar-refractivity contribution in [3.8, 4) is 0 Å². The Hall–Kier alpha value is -0.478. The Bertz CT molecular complexity index is 226. The van der Waals surface area contributed by atoms with Crippen molar-refractivity contribution in [2.24, 2.45) is 0 Å². The van der Waals surface area contributed by atoms with Crippen LogP contribution in [0.1, 0.15) is 0 Å². The first kappa shape index (κ1) is 14.1. The molecule has 12 heavy (non-hydrogen) atoms. The predicted molar refractivity (Wildman–Crippen MR) is 34.0 cm³/mol. The Balaban J connectivity index is 0. The molecule has 0 unspecified atom stereocenters. The van der Waals surface area contributed by atoms with Crippen molar-refractivity contribution < 1.29 is 34.5 Å². The monoisotopic (exact) mass is 275 g/mol. The summed E-state index contributed by atoms with van der Waals surface area (Å²) in [6, 6.07) is 5.86. The molecule has 0 spiro atoms. The summed E-state index contributed by atoms with van der Waals surface area (Å²) in [6.45, 7) is 0. The largest absolute Gasteiger partial charge is 0.218 e. The van der Waals surface area contributed by atoms with E-state index in [4.69, 9.17) is 15.6 Å². The second kappa shape index (κ2) is 13.1. The third-order valence-corrected chi connectivity index (χ3v) is 0.607. The van der Waals surface area contributed by atoms with Crippen molar-refractivity contribution in [2.75, 3.05) is 0 Å². The topological polar surface area (TPSA) is 88.4 Å². The number of hydrogen-bond acceptors (Lipinski definition) is 4. The summed E-state index contributed by atoms with van der Waals surface area (Å²) in [5.41, 5.74) is 0. The smallest absolute Gasteiger partial charge is 0.166 e. The zero-order valence-electron chi connectivity index (χ0n) is 5.81.